The van der Waals surface area contributed by atoms with E-state index in [0.29, 0.717) is 5.75 Å². The van der Waals surface area contributed by atoms with Crippen molar-refractivity contribution in [3.63, 3.8) is 0 Å². The SMILES string of the molecule is Cc1ccc2nc(SCC(=O)Nc3ccc(N4CCCC4)cc3C)[nH]c2c1. The normalized spacial score (nSPS) is 14.1. The third-order valence-electron chi connectivity index (χ3n) is 4.91. The highest BCUT2D eigenvalue weighted by atomic mass is 32.2. The maximum Gasteiger partial charge on any atom is 0.234 e. The summed E-state index contributed by atoms with van der Waals surface area (Å²) in [7, 11) is 0. The van der Waals surface area contributed by atoms with Gasteiger partial charge in [0.25, 0.3) is 0 Å². The van der Waals surface area contributed by atoms with Crippen LogP contribution in [-0.4, -0.2) is 34.7 Å². The molecular weight excluding hydrogens is 356 g/mol. The number of anilines is 2. The third kappa shape index (κ3) is 4.11. The van der Waals surface area contributed by atoms with Gasteiger partial charge in [-0.05, 0) is 68.1 Å². The van der Waals surface area contributed by atoms with E-state index in [-0.39, 0.29) is 5.91 Å². The Hall–Kier alpha value is -2.47. The second-order valence-corrected chi connectivity index (χ2v) is 8.06. The second kappa shape index (κ2) is 7.64. The molecule has 140 valence electrons. The van der Waals surface area contributed by atoms with E-state index in [4.69, 9.17) is 0 Å². The van der Waals surface area contributed by atoms with Crippen molar-refractivity contribution in [3.8, 4) is 0 Å². The predicted molar refractivity (Wildman–Crippen MR) is 113 cm³/mol. The lowest BCUT2D eigenvalue weighted by molar-refractivity contribution is -0.113. The molecule has 27 heavy (non-hydrogen) atoms. The van der Waals surface area contributed by atoms with Gasteiger partial charge in [-0.3, -0.25) is 4.79 Å². The van der Waals surface area contributed by atoms with Gasteiger partial charge in [0.2, 0.25) is 5.91 Å². The largest absolute Gasteiger partial charge is 0.372 e. The van der Waals surface area contributed by atoms with E-state index >= 15 is 0 Å². The number of H-pyrrole nitrogens is 1. The molecule has 4 rings (SSSR count). The van der Waals surface area contributed by atoms with Gasteiger partial charge in [-0.1, -0.05) is 17.8 Å². The van der Waals surface area contributed by atoms with Gasteiger partial charge in [0.1, 0.15) is 0 Å². The topological polar surface area (TPSA) is 61.0 Å². The molecule has 1 saturated heterocycles. The highest BCUT2D eigenvalue weighted by molar-refractivity contribution is 7.99. The summed E-state index contributed by atoms with van der Waals surface area (Å²) in [5, 5.41) is 3.79. The number of hydrogen-bond donors (Lipinski definition) is 2. The predicted octanol–water partition coefficient (Wildman–Crippen LogP) is 4.51. The van der Waals surface area contributed by atoms with E-state index in [2.05, 4.69) is 45.3 Å². The first-order chi connectivity index (χ1) is 13.1. The molecule has 2 heterocycles. The highest BCUT2D eigenvalue weighted by Gasteiger charge is 2.14. The summed E-state index contributed by atoms with van der Waals surface area (Å²) in [4.78, 5) is 22.6. The van der Waals surface area contributed by atoms with Crippen LogP contribution in [0.15, 0.2) is 41.6 Å². The van der Waals surface area contributed by atoms with Crippen LogP contribution >= 0.6 is 11.8 Å². The molecule has 5 nitrogen and oxygen atoms in total. The van der Waals surface area contributed by atoms with Crippen molar-refractivity contribution >= 4 is 40.1 Å². The lowest BCUT2D eigenvalue weighted by Crippen LogP contribution is -2.18. The first kappa shape index (κ1) is 17.9. The molecule has 0 saturated carbocycles. The zero-order valence-corrected chi connectivity index (χ0v) is 16.5. The molecule has 1 aliphatic rings. The highest BCUT2D eigenvalue weighted by Crippen LogP contribution is 2.26. The molecular formula is C21H24N4OS. The molecule has 1 amide bonds. The Balaban J connectivity index is 1.37. The Kier molecular flexibility index (Phi) is 5.07. The van der Waals surface area contributed by atoms with Crippen LogP contribution in [0.2, 0.25) is 0 Å². The van der Waals surface area contributed by atoms with Crippen molar-refractivity contribution in [3.05, 3.63) is 47.5 Å². The monoisotopic (exact) mass is 380 g/mol. The first-order valence-electron chi connectivity index (χ1n) is 9.33. The minimum absolute atomic E-state index is 0.0198. The molecule has 0 atom stereocenters. The standard InChI is InChI=1S/C21H24N4OS/c1-14-5-7-18-19(11-14)24-21(23-18)27-13-20(26)22-17-8-6-16(12-15(17)2)25-9-3-4-10-25/h5-8,11-12H,3-4,9-10,13H2,1-2H3,(H,22,26)(H,23,24). The molecule has 2 N–H and O–H groups in total. The number of aromatic amines is 1. The number of fused-ring (bicyclic) bond motifs is 1. The van der Waals surface area contributed by atoms with Gasteiger partial charge in [-0.2, -0.15) is 0 Å². The van der Waals surface area contributed by atoms with E-state index in [0.717, 1.165) is 40.5 Å². The van der Waals surface area contributed by atoms with Crippen LogP contribution in [0.3, 0.4) is 0 Å². The number of carbonyl (C=O) groups excluding carboxylic acids is 1. The zero-order valence-electron chi connectivity index (χ0n) is 15.7. The molecule has 1 fully saturated rings. The van der Waals surface area contributed by atoms with Crippen LogP contribution in [0, 0.1) is 13.8 Å². The Morgan fingerprint density at radius 3 is 2.78 bits per heavy atom. The number of carbonyl (C=O) groups is 1. The van der Waals surface area contributed by atoms with Gasteiger partial charge in [0, 0.05) is 24.5 Å². The quantitative estimate of drug-likeness (QED) is 0.639. The summed E-state index contributed by atoms with van der Waals surface area (Å²) in [6.45, 7) is 6.35. The molecule has 3 aromatic rings. The maximum absolute atomic E-state index is 12.4. The van der Waals surface area contributed by atoms with Crippen molar-refractivity contribution in [2.24, 2.45) is 0 Å². The van der Waals surface area contributed by atoms with E-state index in [9.17, 15) is 4.79 Å². The van der Waals surface area contributed by atoms with Gasteiger partial charge in [-0.25, -0.2) is 4.98 Å². The van der Waals surface area contributed by atoms with Crippen molar-refractivity contribution in [2.45, 2.75) is 31.8 Å². The Morgan fingerprint density at radius 1 is 1.19 bits per heavy atom. The van der Waals surface area contributed by atoms with E-state index < -0.39 is 0 Å². The molecule has 6 heteroatoms. The average Bonchev–Trinajstić information content (AvgIpc) is 3.30. The van der Waals surface area contributed by atoms with E-state index in [1.54, 1.807) is 0 Å². The first-order valence-corrected chi connectivity index (χ1v) is 10.3. The van der Waals surface area contributed by atoms with Crippen molar-refractivity contribution in [2.75, 3.05) is 29.1 Å². The summed E-state index contributed by atoms with van der Waals surface area (Å²) >= 11 is 1.42. The molecule has 0 unspecified atom stereocenters. The lowest BCUT2D eigenvalue weighted by atomic mass is 10.1. The number of hydrogen-bond acceptors (Lipinski definition) is 4. The maximum atomic E-state index is 12.4. The molecule has 0 bridgehead atoms. The number of aromatic nitrogens is 2. The lowest BCUT2D eigenvalue weighted by Gasteiger charge is -2.19. The molecule has 1 aromatic heterocycles. The number of amides is 1. The number of imidazole rings is 1. The number of aryl methyl sites for hydroxylation is 2. The van der Waals surface area contributed by atoms with Crippen LogP contribution in [0.1, 0.15) is 24.0 Å². The van der Waals surface area contributed by atoms with Crippen LogP contribution in [-0.2, 0) is 4.79 Å². The fourth-order valence-electron chi connectivity index (χ4n) is 3.45. The second-order valence-electron chi connectivity index (χ2n) is 7.09. The number of thioether (sulfide) groups is 1. The van der Waals surface area contributed by atoms with E-state index in [1.807, 2.05) is 25.1 Å². The van der Waals surface area contributed by atoms with Crippen LogP contribution in [0.4, 0.5) is 11.4 Å². The fourth-order valence-corrected chi connectivity index (χ4v) is 4.13. The molecule has 0 spiro atoms. The van der Waals surface area contributed by atoms with E-state index in [1.165, 1.54) is 35.9 Å². The Labute approximate surface area is 163 Å². The number of nitrogens with zero attached hydrogens (tertiary/aromatic N) is 2. The third-order valence-corrected chi connectivity index (χ3v) is 5.78. The van der Waals surface area contributed by atoms with Gasteiger partial charge < -0.3 is 15.2 Å². The van der Waals surface area contributed by atoms with Gasteiger partial charge in [0.15, 0.2) is 5.16 Å². The molecule has 0 radical (unpaired) electrons. The van der Waals surface area contributed by atoms with Crippen LogP contribution in [0.25, 0.3) is 11.0 Å². The van der Waals surface area contributed by atoms with Gasteiger partial charge >= 0.3 is 0 Å². The minimum Gasteiger partial charge on any atom is -0.372 e. The molecule has 2 aromatic carbocycles. The number of nitrogens with one attached hydrogen (secondary N) is 2. The van der Waals surface area contributed by atoms with Crippen molar-refractivity contribution in [1.29, 1.82) is 0 Å². The van der Waals surface area contributed by atoms with Crippen molar-refractivity contribution < 1.29 is 4.79 Å². The molecule has 0 aliphatic carbocycles. The summed E-state index contributed by atoms with van der Waals surface area (Å²) in [5.74, 6) is 0.306. The zero-order chi connectivity index (χ0) is 18.8. The summed E-state index contributed by atoms with van der Waals surface area (Å²) in [6, 6.07) is 12.4. The van der Waals surface area contributed by atoms with Crippen molar-refractivity contribution in [1.82, 2.24) is 9.97 Å². The number of rotatable bonds is 5. The van der Waals surface area contributed by atoms with Gasteiger partial charge in [-0.15, -0.1) is 0 Å². The Morgan fingerprint density at radius 2 is 2.00 bits per heavy atom. The number of benzene rings is 2. The minimum atomic E-state index is -0.0198. The Bertz CT molecular complexity index is 975. The van der Waals surface area contributed by atoms with Crippen LogP contribution in [0.5, 0.6) is 0 Å². The average molecular weight is 381 g/mol. The summed E-state index contributed by atoms with van der Waals surface area (Å²) in [6.07, 6.45) is 2.52. The van der Waals surface area contributed by atoms with Crippen LogP contribution < -0.4 is 10.2 Å². The fraction of sp³-hybridized carbons (Fsp3) is 0.333. The summed E-state index contributed by atoms with van der Waals surface area (Å²) < 4.78 is 0. The van der Waals surface area contributed by atoms with Gasteiger partial charge in [0.05, 0.1) is 16.8 Å². The summed E-state index contributed by atoms with van der Waals surface area (Å²) in [5.41, 5.74) is 6.34. The smallest absolute Gasteiger partial charge is 0.234 e. The molecule has 1 aliphatic heterocycles.